The van der Waals surface area contributed by atoms with Crippen molar-refractivity contribution in [3.05, 3.63) is 22.1 Å². The van der Waals surface area contributed by atoms with E-state index in [0.717, 1.165) is 6.42 Å². The summed E-state index contributed by atoms with van der Waals surface area (Å²) in [5.74, 6) is 0. The van der Waals surface area contributed by atoms with Crippen LogP contribution < -0.4 is 24.8 Å². The molecule has 1 aliphatic rings. The Hall–Kier alpha value is 0.734. The molecule has 0 atom stereocenters. The normalized spacial score (nSPS) is 22.3. The van der Waals surface area contributed by atoms with Crippen LogP contribution in [0.4, 0.5) is 0 Å². The van der Waals surface area contributed by atoms with Crippen molar-refractivity contribution in [1.82, 2.24) is 0 Å². The van der Waals surface area contributed by atoms with E-state index in [0.29, 0.717) is 0 Å². The average Bonchev–Trinajstić information content (AvgIpc) is 2.36. The number of rotatable bonds is 2. The molecular formula is C11H23Cl2OTi. The molecule has 0 saturated carbocycles. The van der Waals surface area contributed by atoms with Gasteiger partial charge in [0.2, 0.25) is 0 Å². The van der Waals surface area contributed by atoms with Crippen molar-refractivity contribution in [3.8, 4) is 0 Å². The molecule has 0 radical (unpaired) electrons. The van der Waals surface area contributed by atoms with E-state index < -0.39 is 13.1 Å². The number of hydrogen-bond acceptors (Lipinski definition) is 1. The summed E-state index contributed by atoms with van der Waals surface area (Å²) < 4.78 is 7.54. The number of hydrogen-bond donors (Lipinski definition) is 0. The zero-order valence-corrected chi connectivity index (χ0v) is 13.7. The van der Waals surface area contributed by atoms with E-state index in [-0.39, 0.29) is 24.8 Å². The third kappa shape index (κ3) is 3.61. The molecule has 4 heteroatoms. The second kappa shape index (κ2) is 3.14. The Kier molecular flexibility index (Phi) is 3.80. The molecule has 0 aromatic rings. The van der Waals surface area contributed by atoms with Gasteiger partial charge in [-0.2, -0.15) is 0 Å². The van der Waals surface area contributed by atoms with E-state index in [1.54, 1.807) is 0 Å². The molecule has 0 fully saturated rings. The first-order valence-electron chi connectivity index (χ1n) is 5.08. The molecule has 0 N–H and O–H groups in total. The van der Waals surface area contributed by atoms with Gasteiger partial charge in [0.15, 0.2) is 0 Å². The van der Waals surface area contributed by atoms with Crippen LogP contribution in [0, 0.1) is 0 Å². The van der Waals surface area contributed by atoms with Crippen LogP contribution >= 0.6 is 0 Å². The second-order valence-corrected chi connectivity index (χ2v) is 33.6. The summed E-state index contributed by atoms with van der Waals surface area (Å²) in [6.07, 6.45) is 7.64. The van der Waals surface area contributed by atoms with Gasteiger partial charge in [-0.25, -0.2) is 0 Å². The minimum absolute atomic E-state index is 0. The first kappa shape index (κ1) is 18.1. The molecule has 1 nitrogen and oxygen atoms in total. The Bertz CT molecular complexity index is 324. The molecule has 0 aromatic carbocycles. The van der Waals surface area contributed by atoms with E-state index in [2.05, 4.69) is 44.4 Å². The van der Waals surface area contributed by atoms with Crippen molar-refractivity contribution < 1.29 is 41.3 Å². The van der Waals surface area contributed by atoms with E-state index in [1.807, 2.05) is 7.11 Å². The van der Waals surface area contributed by atoms with Gasteiger partial charge < -0.3 is 24.8 Å². The van der Waals surface area contributed by atoms with Gasteiger partial charge >= 0.3 is 78.2 Å². The molecule has 0 amide bonds. The summed E-state index contributed by atoms with van der Waals surface area (Å²) in [6, 6.07) is 0. The molecule has 0 saturated heterocycles. The van der Waals surface area contributed by atoms with Crippen LogP contribution in [0.1, 0.15) is 6.42 Å². The van der Waals surface area contributed by atoms with Crippen molar-refractivity contribution in [2.75, 3.05) is 7.11 Å². The third-order valence-electron chi connectivity index (χ3n) is 3.63. The smallest absolute Gasteiger partial charge is 1.00 e. The Morgan fingerprint density at radius 2 is 1.53 bits per heavy atom. The maximum atomic E-state index is 6.05. The van der Waals surface area contributed by atoms with Gasteiger partial charge in [-0.15, -0.1) is 0 Å². The molecule has 0 aromatic heterocycles. The van der Waals surface area contributed by atoms with Gasteiger partial charge in [0.05, 0.1) is 0 Å². The van der Waals surface area contributed by atoms with Crippen molar-refractivity contribution in [3.63, 3.8) is 0 Å². The van der Waals surface area contributed by atoms with Crippen LogP contribution in [-0.4, -0.2) is 7.11 Å². The van der Waals surface area contributed by atoms with Crippen LogP contribution in [0.15, 0.2) is 22.1 Å². The maximum Gasteiger partial charge on any atom is -1.00 e. The zero-order chi connectivity index (χ0) is 10.5. The van der Waals surface area contributed by atoms with Crippen molar-refractivity contribution in [2.45, 2.75) is 32.6 Å². The first-order chi connectivity index (χ1) is 5.40. The largest absolute Gasteiger partial charge is 1.00 e. The molecule has 0 spiro atoms. The van der Waals surface area contributed by atoms with Crippen molar-refractivity contribution in [1.29, 1.82) is 0 Å². The molecule has 0 aliphatic heterocycles. The molecule has 15 heavy (non-hydrogen) atoms. The van der Waals surface area contributed by atoms with E-state index >= 15 is 0 Å². The zero-order valence-electron chi connectivity index (χ0n) is 10.6. The summed E-state index contributed by atoms with van der Waals surface area (Å²) >= 11 is -3.74. The fourth-order valence-corrected chi connectivity index (χ4v) is 5.46. The molecule has 0 heterocycles. The van der Waals surface area contributed by atoms with Crippen molar-refractivity contribution >= 4 is 0 Å². The predicted molar refractivity (Wildman–Crippen MR) is 58.2 cm³/mol. The summed E-state index contributed by atoms with van der Waals surface area (Å²) in [6.45, 7) is 0. The fraction of sp³-hybridized carbons (Fsp3) is 0.636. The summed E-state index contributed by atoms with van der Waals surface area (Å²) in [7, 11) is 1.86. The van der Waals surface area contributed by atoms with E-state index in [4.69, 9.17) is 3.32 Å². The minimum atomic E-state index is -3.74. The Labute approximate surface area is 103 Å². The van der Waals surface area contributed by atoms with Crippen LogP contribution in [0.25, 0.3) is 0 Å². The Balaban J connectivity index is 0. The van der Waals surface area contributed by atoms with Crippen LogP contribution in [-0.2, 0) is 16.4 Å². The molecule has 91 valence electrons. The van der Waals surface area contributed by atoms with Gasteiger partial charge in [0.1, 0.15) is 0 Å². The second-order valence-electron chi connectivity index (χ2n) is 8.90. The summed E-state index contributed by atoms with van der Waals surface area (Å²) in [5, 5.41) is 11.7. The predicted octanol–water partition coefficient (Wildman–Crippen LogP) is -1.60. The molecule has 0 unspecified atom stereocenters. The Morgan fingerprint density at radius 1 is 1.07 bits per heavy atom. The van der Waals surface area contributed by atoms with Gasteiger partial charge in [-0.3, -0.25) is 0 Å². The molecule has 1 aliphatic carbocycles. The topological polar surface area (TPSA) is 9.23 Å². The third-order valence-corrected chi connectivity index (χ3v) is 13.1. The quantitative estimate of drug-likeness (QED) is 0.557. The SMILES string of the molecule is C[O][Ti+2]([CH3])([CH3])([CH3])([CH3])([CH3])[C]1=CC=CC1.[Cl-].[Cl-]. The maximum absolute atomic E-state index is 6.05. The number of halogens is 2. The number of allylic oxidation sites excluding steroid dienone is 4. The fourth-order valence-electron chi connectivity index (χ4n) is 1.58. The molecule has 0 bridgehead atoms. The molecular weight excluding hydrogens is 267 g/mol. The summed E-state index contributed by atoms with van der Waals surface area (Å²) in [5.41, 5.74) is 0. The van der Waals surface area contributed by atoms with Gasteiger partial charge in [-0.1, -0.05) is 0 Å². The average molecular weight is 290 g/mol. The van der Waals surface area contributed by atoms with Gasteiger partial charge in [-0.05, 0) is 0 Å². The van der Waals surface area contributed by atoms with E-state index in [1.165, 1.54) is 3.88 Å². The first-order valence-corrected chi connectivity index (χ1v) is 14.3. The Morgan fingerprint density at radius 3 is 1.80 bits per heavy atom. The van der Waals surface area contributed by atoms with Crippen molar-refractivity contribution in [2.24, 2.45) is 0 Å². The van der Waals surface area contributed by atoms with Crippen LogP contribution in [0.5, 0.6) is 0 Å². The van der Waals surface area contributed by atoms with E-state index in [9.17, 15) is 0 Å². The monoisotopic (exact) mass is 289 g/mol. The van der Waals surface area contributed by atoms with Gasteiger partial charge in [0, 0.05) is 0 Å². The van der Waals surface area contributed by atoms with Crippen LogP contribution in [0.2, 0.25) is 26.1 Å². The standard InChI is InChI=1S/C5H5.CH3O.5CH3.2ClH.Ti/c1-2-4-5-3-1;1-2;;;;;;;;/h1-3H,4H2;1H3;5*1H3;2*1H;/q;-1;;;;;;;;+3/p-2. The molecule has 1 rings (SSSR count). The summed E-state index contributed by atoms with van der Waals surface area (Å²) in [4.78, 5) is 0. The van der Waals surface area contributed by atoms with Crippen LogP contribution in [0.3, 0.4) is 0 Å². The minimum Gasteiger partial charge on any atom is -1.00 e. The van der Waals surface area contributed by atoms with Gasteiger partial charge in [0.25, 0.3) is 0 Å².